The largest absolute Gasteiger partial charge is 0.0776 e. The minimum absolute atomic E-state index is 0. The van der Waals surface area contributed by atoms with Crippen LogP contribution in [0.5, 0.6) is 0 Å². The molecule has 0 amide bonds. The molecule has 0 nitrogen and oxygen atoms in total. The molecule has 4 fully saturated rings. The summed E-state index contributed by atoms with van der Waals surface area (Å²) < 4.78 is 0. The third-order valence-electron chi connectivity index (χ3n) is 9.54. The predicted molar refractivity (Wildman–Crippen MR) is 209 cm³/mol. The highest BCUT2D eigenvalue weighted by molar-refractivity contribution is 4.84. The van der Waals surface area contributed by atoms with Crippen LogP contribution in [0.1, 0.15) is 236 Å². The molecule has 0 aliphatic heterocycles. The Morgan fingerprint density at radius 1 is 0.256 bits per heavy atom. The number of hydrogen-bond acceptors (Lipinski definition) is 0. The van der Waals surface area contributed by atoms with Crippen LogP contribution in [0.25, 0.3) is 0 Å². The predicted octanol–water partition coefficient (Wildman–Crippen LogP) is 16.9. The average molecular weight is 613 g/mol. The van der Waals surface area contributed by atoms with Crippen molar-refractivity contribution >= 4 is 0 Å². The second kappa shape index (κ2) is 28.2. The van der Waals surface area contributed by atoms with E-state index < -0.39 is 0 Å². The van der Waals surface area contributed by atoms with Gasteiger partial charge in [0, 0.05) is 0 Å². The van der Waals surface area contributed by atoms with Crippen LogP contribution in [-0.4, -0.2) is 0 Å². The van der Waals surface area contributed by atoms with E-state index in [1.54, 1.807) is 0 Å². The van der Waals surface area contributed by atoms with Crippen LogP contribution in [0.3, 0.4) is 0 Å². The van der Waals surface area contributed by atoms with Crippen LogP contribution in [0.4, 0.5) is 0 Å². The van der Waals surface area contributed by atoms with E-state index in [1.165, 1.54) is 89.9 Å². The second-order valence-electron chi connectivity index (χ2n) is 16.7. The molecule has 0 atom stereocenters. The summed E-state index contributed by atoms with van der Waals surface area (Å²) in [5.74, 6) is 4.09. The molecular weight excluding hydrogens is 516 g/mol. The van der Waals surface area contributed by atoms with Gasteiger partial charge >= 0.3 is 0 Å². The molecule has 0 spiro atoms. The van der Waals surface area contributed by atoms with Crippen molar-refractivity contribution in [3.8, 4) is 0 Å². The van der Waals surface area contributed by atoms with E-state index in [1.807, 2.05) is 55.4 Å². The first-order chi connectivity index (χ1) is 19.4. The lowest BCUT2D eigenvalue weighted by molar-refractivity contribution is 0.141. The Morgan fingerprint density at radius 2 is 0.419 bits per heavy atom. The lowest BCUT2D eigenvalue weighted by Crippen LogP contribution is -2.26. The summed E-state index contributed by atoms with van der Waals surface area (Å²) in [5, 5.41) is 0. The van der Waals surface area contributed by atoms with Crippen LogP contribution in [0, 0.1) is 45.3 Å². The first kappa shape index (κ1) is 52.5. The normalized spacial score (nSPS) is 18.7. The Hall–Kier alpha value is 0. The quantitative estimate of drug-likeness (QED) is 0.255. The van der Waals surface area contributed by atoms with Crippen LogP contribution in [0.15, 0.2) is 0 Å². The first-order valence-electron chi connectivity index (χ1n) is 19.4. The van der Waals surface area contributed by atoms with Gasteiger partial charge in [-0.25, -0.2) is 0 Å². The highest BCUT2D eigenvalue weighted by atomic mass is 14.4. The van der Waals surface area contributed by atoms with Gasteiger partial charge < -0.3 is 0 Å². The monoisotopic (exact) mass is 613 g/mol. The maximum absolute atomic E-state index is 2.38. The molecule has 0 saturated heterocycles. The SMILES string of the molecule is C.CC.CC.CC.CC.CC(C)(C)C1CC1.CC(C)(C)C1CCC1.CC(C)(C)C1CCCC1.CC(C)(C)C1CCCCC1. The van der Waals surface area contributed by atoms with E-state index in [-0.39, 0.29) is 7.43 Å². The molecule has 4 rings (SSSR count). The lowest BCUT2D eigenvalue weighted by atomic mass is 9.69. The van der Waals surface area contributed by atoms with Gasteiger partial charge in [-0.15, -0.1) is 0 Å². The van der Waals surface area contributed by atoms with Crippen LogP contribution >= 0.6 is 0 Å². The average Bonchev–Trinajstić information content (AvgIpc) is 3.62. The summed E-state index contributed by atoms with van der Waals surface area (Å²) in [6.07, 6.45) is 20.7. The Bertz CT molecular complexity index is 506. The Kier molecular flexibility index (Phi) is 34.5. The van der Waals surface area contributed by atoms with Crippen molar-refractivity contribution < 1.29 is 0 Å². The van der Waals surface area contributed by atoms with Crippen LogP contribution in [0.2, 0.25) is 0 Å². The van der Waals surface area contributed by atoms with Gasteiger partial charge in [0.1, 0.15) is 0 Å². The minimum Gasteiger partial charge on any atom is -0.0776 e. The van der Waals surface area contributed by atoms with Gasteiger partial charge in [0.25, 0.3) is 0 Å². The van der Waals surface area contributed by atoms with E-state index in [0.29, 0.717) is 21.7 Å². The van der Waals surface area contributed by atoms with Crippen molar-refractivity contribution in [1.29, 1.82) is 0 Å². The fourth-order valence-electron chi connectivity index (χ4n) is 5.98. The summed E-state index contributed by atoms with van der Waals surface area (Å²) >= 11 is 0. The van der Waals surface area contributed by atoms with Gasteiger partial charge in [-0.1, -0.05) is 184 Å². The smallest absolute Gasteiger partial charge is 0.0354 e. The Labute approximate surface area is 280 Å². The molecule has 4 aliphatic rings. The summed E-state index contributed by atoms with van der Waals surface area (Å²) in [6, 6.07) is 0. The molecular formula is C43H96. The topological polar surface area (TPSA) is 0 Å². The Balaban J connectivity index is -0.000000138. The zero-order chi connectivity index (χ0) is 34.2. The molecule has 0 radical (unpaired) electrons. The molecule has 4 aliphatic carbocycles. The highest BCUT2D eigenvalue weighted by Crippen LogP contribution is 2.44. The van der Waals surface area contributed by atoms with E-state index in [4.69, 9.17) is 0 Å². The van der Waals surface area contributed by atoms with Gasteiger partial charge in [-0.05, 0) is 96.7 Å². The molecule has 0 bridgehead atoms. The van der Waals surface area contributed by atoms with E-state index >= 15 is 0 Å². The van der Waals surface area contributed by atoms with Crippen molar-refractivity contribution in [1.82, 2.24) is 0 Å². The first-order valence-corrected chi connectivity index (χ1v) is 19.4. The summed E-state index contributed by atoms with van der Waals surface area (Å²) in [7, 11) is 0. The zero-order valence-electron chi connectivity index (χ0n) is 34.2. The van der Waals surface area contributed by atoms with Gasteiger partial charge in [0.05, 0.1) is 0 Å². The maximum atomic E-state index is 2.38. The van der Waals surface area contributed by atoms with Crippen molar-refractivity contribution in [2.75, 3.05) is 0 Å². The van der Waals surface area contributed by atoms with Crippen molar-refractivity contribution in [2.24, 2.45) is 45.3 Å². The summed E-state index contributed by atoms with van der Waals surface area (Å²) in [4.78, 5) is 0. The van der Waals surface area contributed by atoms with Crippen LogP contribution in [-0.2, 0) is 0 Å². The fourth-order valence-corrected chi connectivity index (χ4v) is 5.98. The zero-order valence-corrected chi connectivity index (χ0v) is 34.2. The van der Waals surface area contributed by atoms with E-state index in [0.717, 1.165) is 23.7 Å². The molecule has 0 aromatic rings. The number of rotatable bonds is 0. The second-order valence-corrected chi connectivity index (χ2v) is 16.7. The van der Waals surface area contributed by atoms with E-state index in [9.17, 15) is 0 Å². The van der Waals surface area contributed by atoms with Gasteiger partial charge in [0.15, 0.2) is 0 Å². The molecule has 0 heteroatoms. The third-order valence-corrected chi connectivity index (χ3v) is 9.54. The molecule has 0 aromatic heterocycles. The lowest BCUT2D eigenvalue weighted by Gasteiger charge is -2.37. The molecule has 43 heavy (non-hydrogen) atoms. The summed E-state index contributed by atoms with van der Waals surface area (Å²) in [6.45, 7) is 44.2. The molecule has 0 heterocycles. The fraction of sp³-hybridized carbons (Fsp3) is 1.00. The molecule has 0 unspecified atom stereocenters. The minimum atomic E-state index is 0. The van der Waals surface area contributed by atoms with Crippen molar-refractivity contribution in [3.05, 3.63) is 0 Å². The maximum Gasteiger partial charge on any atom is -0.0354 e. The molecule has 4 saturated carbocycles. The van der Waals surface area contributed by atoms with Gasteiger partial charge in [0.2, 0.25) is 0 Å². The van der Waals surface area contributed by atoms with Crippen LogP contribution < -0.4 is 0 Å². The standard InChI is InChI=1S/C10H20.C9H18.C8H16.C7H14.4C2H6.CH4/c1-10(2,3)9-7-5-4-6-8-9;1-9(2,3)8-6-4-5-7-8;1-8(2,3)7-5-4-6-7;1-7(2,3)6-4-5-6;4*1-2;/h9H,4-8H2,1-3H3;8H,4-7H2,1-3H3;7H,4-6H2,1-3H3;6H,4-5H2,1-3H3;4*1-2H3;1H4. The molecule has 0 aromatic carbocycles. The van der Waals surface area contributed by atoms with E-state index in [2.05, 4.69) is 83.1 Å². The van der Waals surface area contributed by atoms with Gasteiger partial charge in [-0.3, -0.25) is 0 Å². The molecule has 268 valence electrons. The Morgan fingerprint density at radius 3 is 0.512 bits per heavy atom. The number of hydrogen-bond donors (Lipinski definition) is 0. The van der Waals surface area contributed by atoms with Gasteiger partial charge in [-0.2, -0.15) is 0 Å². The highest BCUT2D eigenvalue weighted by Gasteiger charge is 2.33. The third kappa shape index (κ3) is 29.2. The van der Waals surface area contributed by atoms with Crippen molar-refractivity contribution in [2.45, 2.75) is 236 Å². The summed E-state index contributed by atoms with van der Waals surface area (Å²) in [5.41, 5.74) is 2.36. The molecule has 0 N–H and O–H groups in total. The van der Waals surface area contributed by atoms with Crippen molar-refractivity contribution in [3.63, 3.8) is 0 Å².